The fraction of sp³-hybridized carbons (Fsp3) is 0.667. The predicted octanol–water partition coefficient (Wildman–Crippen LogP) is -3.57. The average molecular weight is 563 g/mol. The van der Waals surface area contributed by atoms with Gasteiger partial charge in [0.05, 0.1) is 27.3 Å². The summed E-state index contributed by atoms with van der Waals surface area (Å²) in [5.41, 5.74) is 1.26. The van der Waals surface area contributed by atoms with Gasteiger partial charge in [0, 0.05) is 6.54 Å². The van der Waals surface area contributed by atoms with Crippen molar-refractivity contribution in [2.75, 3.05) is 67.1 Å². The predicted molar refractivity (Wildman–Crippen MR) is 92.5 cm³/mol. The largest absolute Gasteiger partial charge is 1.00 e. The second-order valence-corrected chi connectivity index (χ2v) is 6.55. The van der Waals surface area contributed by atoms with Crippen LogP contribution in [0, 0.1) is 6.92 Å². The number of aryl methyl sites for hydroxylation is 1. The maximum atomic E-state index is 5.81. The number of ether oxygens (including phenoxy) is 2. The van der Waals surface area contributed by atoms with Gasteiger partial charge in [-0.1, -0.05) is 24.6 Å². The number of benzene rings is 1. The molecule has 0 unspecified atom stereocenters. The van der Waals surface area contributed by atoms with Gasteiger partial charge < -0.3 is 66.8 Å². The zero-order valence-electron chi connectivity index (χ0n) is 15.7. The first-order chi connectivity index (χ1) is 10.4. The van der Waals surface area contributed by atoms with E-state index in [4.69, 9.17) is 9.47 Å². The molecule has 0 saturated carbocycles. The van der Waals surface area contributed by atoms with Crippen LogP contribution in [0.2, 0.25) is 0 Å². The Morgan fingerprint density at radius 1 is 0.958 bits per heavy atom. The molecule has 0 N–H and O–H groups in total. The van der Waals surface area contributed by atoms with Crippen LogP contribution in [-0.4, -0.2) is 76.5 Å². The Morgan fingerprint density at radius 2 is 1.54 bits per heavy atom. The normalized spacial score (nSPS) is 10.9. The molecule has 0 saturated heterocycles. The smallest absolute Gasteiger partial charge is 0.137 e. The molecule has 0 aliphatic heterocycles. The van der Waals surface area contributed by atoms with Crippen LogP contribution < -0.4 is 52.7 Å². The van der Waals surface area contributed by atoms with E-state index < -0.39 is 0 Å². The van der Waals surface area contributed by atoms with E-state index in [0.29, 0.717) is 0 Å². The molecule has 0 heterocycles. The van der Waals surface area contributed by atoms with Crippen molar-refractivity contribution in [2.24, 2.45) is 0 Å². The molecule has 1 rings (SSSR count). The molecule has 24 heavy (non-hydrogen) atoms. The molecule has 4 nitrogen and oxygen atoms in total. The SMILES string of the molecule is CCN(C)CCOCC[N+](C)(C)CCOc1ccc(C)cc1.[I-].[I-]. The summed E-state index contributed by atoms with van der Waals surface area (Å²) in [5, 5.41) is 0. The van der Waals surface area contributed by atoms with Crippen molar-refractivity contribution in [1.82, 2.24) is 4.90 Å². The van der Waals surface area contributed by atoms with E-state index in [1.165, 1.54) is 5.56 Å². The van der Waals surface area contributed by atoms with Crippen molar-refractivity contribution < 1.29 is 61.9 Å². The van der Waals surface area contributed by atoms with Gasteiger partial charge in [0.2, 0.25) is 0 Å². The minimum atomic E-state index is 0. The molecule has 0 aromatic heterocycles. The van der Waals surface area contributed by atoms with E-state index >= 15 is 0 Å². The van der Waals surface area contributed by atoms with Crippen molar-refractivity contribution in [3.63, 3.8) is 0 Å². The molecule has 142 valence electrons. The van der Waals surface area contributed by atoms with Gasteiger partial charge in [0.25, 0.3) is 0 Å². The first-order valence-electron chi connectivity index (χ1n) is 8.21. The Kier molecular flexibility index (Phi) is 16.1. The van der Waals surface area contributed by atoms with Crippen molar-refractivity contribution in [3.8, 4) is 5.75 Å². The molecule has 1 aromatic carbocycles. The molecular formula is C18H33I2N2O2-. The summed E-state index contributed by atoms with van der Waals surface area (Å²) in [7, 11) is 6.56. The van der Waals surface area contributed by atoms with Gasteiger partial charge in [-0.05, 0) is 32.6 Å². The lowest BCUT2D eigenvalue weighted by molar-refractivity contribution is -0.890. The molecule has 6 heteroatoms. The Balaban J connectivity index is 0. The van der Waals surface area contributed by atoms with Crippen molar-refractivity contribution in [2.45, 2.75) is 13.8 Å². The van der Waals surface area contributed by atoms with E-state index in [1.54, 1.807) is 0 Å². The number of nitrogens with zero attached hydrogens (tertiary/aromatic N) is 2. The molecule has 0 atom stereocenters. The van der Waals surface area contributed by atoms with Crippen LogP contribution in [0.3, 0.4) is 0 Å². The van der Waals surface area contributed by atoms with Gasteiger partial charge in [0.15, 0.2) is 0 Å². The van der Waals surface area contributed by atoms with Crippen LogP contribution >= 0.6 is 0 Å². The molecule has 1 aromatic rings. The highest BCUT2D eigenvalue weighted by Crippen LogP contribution is 2.11. The summed E-state index contributed by atoms with van der Waals surface area (Å²) in [5.74, 6) is 0.949. The first kappa shape index (κ1) is 26.6. The summed E-state index contributed by atoms with van der Waals surface area (Å²) >= 11 is 0. The summed E-state index contributed by atoms with van der Waals surface area (Å²) in [6.45, 7) is 10.6. The lowest BCUT2D eigenvalue weighted by atomic mass is 10.2. The molecule has 0 spiro atoms. The Hall–Kier alpha value is 0.360. The van der Waals surface area contributed by atoms with E-state index in [9.17, 15) is 0 Å². The third-order valence-corrected chi connectivity index (χ3v) is 3.98. The van der Waals surface area contributed by atoms with Crippen LogP contribution in [0.1, 0.15) is 12.5 Å². The molecule has 0 bridgehead atoms. The third-order valence-electron chi connectivity index (χ3n) is 3.98. The number of quaternary nitrogens is 1. The maximum Gasteiger partial charge on any atom is 0.137 e. The van der Waals surface area contributed by atoms with E-state index in [1.807, 2.05) is 12.1 Å². The van der Waals surface area contributed by atoms with Crippen molar-refractivity contribution >= 4 is 0 Å². The minimum Gasteiger partial charge on any atom is -1.00 e. The van der Waals surface area contributed by atoms with E-state index in [2.05, 4.69) is 52.0 Å². The van der Waals surface area contributed by atoms with Crippen molar-refractivity contribution in [1.29, 1.82) is 0 Å². The fourth-order valence-corrected chi connectivity index (χ4v) is 1.95. The molecule has 0 aliphatic rings. The third kappa shape index (κ3) is 12.7. The highest BCUT2D eigenvalue weighted by molar-refractivity contribution is 5.26. The summed E-state index contributed by atoms with van der Waals surface area (Å²) in [6, 6.07) is 8.22. The van der Waals surface area contributed by atoms with Gasteiger partial charge in [-0.15, -0.1) is 0 Å². The first-order valence-corrected chi connectivity index (χ1v) is 8.21. The van der Waals surface area contributed by atoms with Crippen LogP contribution in [0.5, 0.6) is 5.75 Å². The lowest BCUT2D eigenvalue weighted by Crippen LogP contribution is -3.00. The van der Waals surface area contributed by atoms with E-state index in [0.717, 1.165) is 56.2 Å². The number of hydrogen-bond acceptors (Lipinski definition) is 3. The molecule has 0 amide bonds. The summed E-state index contributed by atoms with van der Waals surface area (Å²) in [4.78, 5) is 2.26. The zero-order chi connectivity index (χ0) is 16.4. The monoisotopic (exact) mass is 563 g/mol. The van der Waals surface area contributed by atoms with E-state index in [-0.39, 0.29) is 48.0 Å². The number of rotatable bonds is 11. The quantitative estimate of drug-likeness (QED) is 0.158. The highest BCUT2D eigenvalue weighted by atomic mass is 127. The molecular weight excluding hydrogens is 530 g/mol. The molecule has 0 radical (unpaired) electrons. The average Bonchev–Trinajstić information content (AvgIpc) is 2.48. The number of likely N-dealkylation sites (N-methyl/N-ethyl adjacent to an activating group) is 2. The molecule has 0 fully saturated rings. The topological polar surface area (TPSA) is 21.7 Å². The van der Waals surface area contributed by atoms with Gasteiger partial charge in [-0.25, -0.2) is 0 Å². The highest BCUT2D eigenvalue weighted by Gasteiger charge is 2.14. The summed E-state index contributed by atoms with van der Waals surface area (Å²) in [6.07, 6.45) is 0. The lowest BCUT2D eigenvalue weighted by Gasteiger charge is -2.29. The van der Waals surface area contributed by atoms with Crippen LogP contribution in [0.4, 0.5) is 0 Å². The van der Waals surface area contributed by atoms with Gasteiger partial charge >= 0.3 is 0 Å². The zero-order valence-corrected chi connectivity index (χ0v) is 20.0. The Morgan fingerprint density at radius 3 is 2.12 bits per heavy atom. The Bertz CT molecular complexity index is 414. The Labute approximate surface area is 182 Å². The second-order valence-electron chi connectivity index (χ2n) is 6.55. The summed E-state index contributed by atoms with van der Waals surface area (Å²) < 4.78 is 12.4. The number of hydrogen-bond donors (Lipinski definition) is 0. The van der Waals surface area contributed by atoms with Crippen LogP contribution in [0.15, 0.2) is 24.3 Å². The van der Waals surface area contributed by atoms with Gasteiger partial charge in [0.1, 0.15) is 25.4 Å². The van der Waals surface area contributed by atoms with Gasteiger partial charge in [-0.3, -0.25) is 0 Å². The maximum absolute atomic E-state index is 5.81. The molecule has 0 aliphatic carbocycles. The van der Waals surface area contributed by atoms with Crippen LogP contribution in [-0.2, 0) is 4.74 Å². The standard InChI is InChI=1S/C18H33N2O2.2HI/c1-6-19(3)11-14-21-15-12-20(4,5)13-16-22-18-9-7-17(2)8-10-18;;/h7-10H,6,11-16H2,1-5H3;2*1H/q+1;;/p-2. The van der Waals surface area contributed by atoms with Crippen LogP contribution in [0.25, 0.3) is 0 Å². The fourth-order valence-electron chi connectivity index (χ4n) is 1.95. The minimum absolute atomic E-state index is 0. The van der Waals surface area contributed by atoms with Crippen molar-refractivity contribution in [3.05, 3.63) is 29.8 Å². The second kappa shape index (κ2) is 14.5. The van der Waals surface area contributed by atoms with Gasteiger partial charge in [-0.2, -0.15) is 0 Å². The number of halogens is 2.